The minimum atomic E-state index is -3.72. The number of carbonyl (C=O) groups is 1. The molecule has 0 bridgehead atoms. The number of ether oxygens (including phenoxy) is 1. The smallest absolute Gasteiger partial charge is 0.240 e. The van der Waals surface area contributed by atoms with E-state index in [0.29, 0.717) is 32.8 Å². The summed E-state index contributed by atoms with van der Waals surface area (Å²) in [6.45, 7) is 6.92. The summed E-state index contributed by atoms with van der Waals surface area (Å²) in [4.78, 5) is 16.0. The number of hydrogen-bond acceptors (Lipinski definition) is 6. The molecule has 2 aromatic rings. The van der Waals surface area contributed by atoms with Gasteiger partial charge in [-0.3, -0.25) is 9.69 Å². The Labute approximate surface area is 183 Å². The SMILES string of the molecule is CC(=O)N1CCCc2cc(S(=O)(=O)NC[C@H](c3ccc(C)o3)N3CCOCC3)ccc21. The second kappa shape index (κ2) is 9.12. The highest BCUT2D eigenvalue weighted by molar-refractivity contribution is 7.89. The maximum Gasteiger partial charge on any atom is 0.240 e. The molecule has 31 heavy (non-hydrogen) atoms. The van der Waals surface area contributed by atoms with Crippen LogP contribution in [0.15, 0.2) is 39.6 Å². The van der Waals surface area contributed by atoms with E-state index in [1.165, 1.54) is 6.92 Å². The van der Waals surface area contributed by atoms with Crippen molar-refractivity contribution < 1.29 is 22.4 Å². The van der Waals surface area contributed by atoms with E-state index >= 15 is 0 Å². The molecule has 1 N–H and O–H groups in total. The predicted octanol–water partition coefficient (Wildman–Crippen LogP) is 2.24. The molecular formula is C22H29N3O5S. The third kappa shape index (κ3) is 4.85. The number of benzene rings is 1. The number of rotatable bonds is 6. The summed E-state index contributed by atoms with van der Waals surface area (Å²) in [5.41, 5.74) is 1.69. The molecular weight excluding hydrogens is 418 g/mol. The van der Waals surface area contributed by atoms with Gasteiger partial charge in [-0.2, -0.15) is 0 Å². The Balaban J connectivity index is 1.54. The van der Waals surface area contributed by atoms with E-state index in [9.17, 15) is 13.2 Å². The number of furan rings is 1. The van der Waals surface area contributed by atoms with Gasteiger partial charge in [0.2, 0.25) is 15.9 Å². The van der Waals surface area contributed by atoms with E-state index in [-0.39, 0.29) is 23.4 Å². The minimum absolute atomic E-state index is 0.0308. The average molecular weight is 448 g/mol. The highest BCUT2D eigenvalue weighted by Crippen LogP contribution is 2.30. The molecule has 0 spiro atoms. The predicted molar refractivity (Wildman–Crippen MR) is 117 cm³/mol. The van der Waals surface area contributed by atoms with Crippen molar-refractivity contribution in [3.8, 4) is 0 Å². The largest absolute Gasteiger partial charge is 0.465 e. The molecule has 168 valence electrons. The lowest BCUT2D eigenvalue weighted by atomic mass is 10.0. The number of hydrogen-bond donors (Lipinski definition) is 1. The Morgan fingerprint density at radius 2 is 1.94 bits per heavy atom. The van der Waals surface area contributed by atoms with E-state index in [2.05, 4.69) is 9.62 Å². The van der Waals surface area contributed by atoms with Crippen molar-refractivity contribution >= 4 is 21.6 Å². The molecule has 1 amide bonds. The molecule has 1 fully saturated rings. The first kappa shape index (κ1) is 22.0. The monoisotopic (exact) mass is 447 g/mol. The van der Waals surface area contributed by atoms with Gasteiger partial charge in [-0.15, -0.1) is 0 Å². The van der Waals surface area contributed by atoms with Crippen molar-refractivity contribution in [1.29, 1.82) is 0 Å². The van der Waals surface area contributed by atoms with Crippen LogP contribution in [-0.2, 0) is 26.0 Å². The van der Waals surface area contributed by atoms with Gasteiger partial charge in [0.15, 0.2) is 0 Å². The van der Waals surface area contributed by atoms with Crippen molar-refractivity contribution in [2.24, 2.45) is 0 Å². The molecule has 3 heterocycles. The maximum atomic E-state index is 13.1. The zero-order chi connectivity index (χ0) is 22.0. The molecule has 2 aliphatic heterocycles. The van der Waals surface area contributed by atoms with Crippen LogP contribution >= 0.6 is 0 Å². The summed E-state index contributed by atoms with van der Waals surface area (Å²) < 4.78 is 40.2. The van der Waals surface area contributed by atoms with Gasteiger partial charge in [-0.25, -0.2) is 13.1 Å². The number of fused-ring (bicyclic) bond motifs is 1. The van der Waals surface area contributed by atoms with Gasteiger partial charge in [-0.05, 0) is 55.7 Å². The Hall–Kier alpha value is -2.20. The zero-order valence-corrected chi connectivity index (χ0v) is 18.8. The highest BCUT2D eigenvalue weighted by Gasteiger charge is 2.28. The van der Waals surface area contributed by atoms with Crippen LogP contribution in [0.1, 0.15) is 36.5 Å². The minimum Gasteiger partial charge on any atom is -0.465 e. The van der Waals surface area contributed by atoms with Crippen LogP contribution in [0.25, 0.3) is 0 Å². The number of carbonyl (C=O) groups excluding carboxylic acids is 1. The molecule has 1 saturated heterocycles. The second-order valence-corrected chi connectivity index (χ2v) is 9.80. The first-order chi connectivity index (χ1) is 14.8. The summed E-state index contributed by atoms with van der Waals surface area (Å²) in [7, 11) is -3.72. The fourth-order valence-corrected chi connectivity index (χ4v) is 5.36. The van der Waals surface area contributed by atoms with Crippen molar-refractivity contribution in [2.45, 2.75) is 37.6 Å². The first-order valence-electron chi connectivity index (χ1n) is 10.6. The normalized spacial score (nSPS) is 18.6. The van der Waals surface area contributed by atoms with E-state index < -0.39 is 10.0 Å². The van der Waals surface area contributed by atoms with Gasteiger partial charge < -0.3 is 14.1 Å². The molecule has 9 heteroatoms. The number of nitrogens with zero attached hydrogens (tertiary/aromatic N) is 2. The molecule has 0 radical (unpaired) electrons. The third-order valence-corrected chi connectivity index (χ3v) is 7.32. The van der Waals surface area contributed by atoms with Crippen LogP contribution in [-0.4, -0.2) is 58.6 Å². The highest BCUT2D eigenvalue weighted by atomic mass is 32.2. The summed E-state index contributed by atoms with van der Waals surface area (Å²) >= 11 is 0. The maximum absolute atomic E-state index is 13.1. The summed E-state index contributed by atoms with van der Waals surface area (Å²) in [5.74, 6) is 1.50. The number of anilines is 1. The number of nitrogens with one attached hydrogen (secondary N) is 1. The molecule has 0 aliphatic carbocycles. The quantitative estimate of drug-likeness (QED) is 0.730. The molecule has 4 rings (SSSR count). The summed E-state index contributed by atoms with van der Waals surface area (Å²) in [6, 6.07) is 8.58. The number of aryl methyl sites for hydroxylation is 2. The van der Waals surface area contributed by atoms with Crippen LogP contribution < -0.4 is 9.62 Å². The molecule has 1 atom stereocenters. The van der Waals surface area contributed by atoms with Crippen molar-refractivity contribution in [3.05, 3.63) is 47.4 Å². The molecule has 1 aromatic heterocycles. The van der Waals surface area contributed by atoms with Gasteiger partial charge in [-0.1, -0.05) is 0 Å². The molecule has 8 nitrogen and oxygen atoms in total. The Bertz CT molecular complexity index is 1040. The molecule has 1 aromatic carbocycles. The van der Waals surface area contributed by atoms with Crippen LogP contribution in [0.2, 0.25) is 0 Å². The Morgan fingerprint density at radius 3 is 2.61 bits per heavy atom. The van der Waals surface area contributed by atoms with E-state index in [0.717, 1.165) is 35.6 Å². The van der Waals surface area contributed by atoms with E-state index in [1.807, 2.05) is 19.1 Å². The summed E-state index contributed by atoms with van der Waals surface area (Å²) in [6.07, 6.45) is 1.57. The first-order valence-corrected chi connectivity index (χ1v) is 12.1. The summed E-state index contributed by atoms with van der Waals surface area (Å²) in [5, 5.41) is 0. The van der Waals surface area contributed by atoms with Crippen LogP contribution in [0.3, 0.4) is 0 Å². The molecule has 2 aliphatic rings. The molecule has 0 unspecified atom stereocenters. The van der Waals surface area contributed by atoms with Crippen molar-refractivity contribution in [2.75, 3.05) is 44.3 Å². The van der Waals surface area contributed by atoms with Crippen LogP contribution in [0.5, 0.6) is 0 Å². The Morgan fingerprint density at radius 1 is 1.16 bits per heavy atom. The second-order valence-electron chi connectivity index (χ2n) is 8.03. The van der Waals surface area contributed by atoms with Gasteiger partial charge >= 0.3 is 0 Å². The van der Waals surface area contributed by atoms with Gasteiger partial charge in [0.25, 0.3) is 0 Å². The lowest BCUT2D eigenvalue weighted by Gasteiger charge is -2.33. The fraction of sp³-hybridized carbons (Fsp3) is 0.500. The van der Waals surface area contributed by atoms with E-state index in [4.69, 9.17) is 9.15 Å². The van der Waals surface area contributed by atoms with Gasteiger partial charge in [0, 0.05) is 38.8 Å². The Kier molecular flexibility index (Phi) is 6.47. The zero-order valence-electron chi connectivity index (χ0n) is 18.0. The standard InChI is InChI=1S/C22H29N3O5S/c1-16-5-8-22(30-16)21(24-10-12-29-13-11-24)15-23-31(27,28)19-6-7-20-18(14-19)4-3-9-25(20)17(2)26/h5-8,14,21,23H,3-4,9-13,15H2,1-2H3/t21-/m1/s1. The number of sulfonamides is 1. The van der Waals surface area contributed by atoms with Crippen LogP contribution in [0, 0.1) is 6.92 Å². The number of morpholine rings is 1. The lowest BCUT2D eigenvalue weighted by Crippen LogP contribution is -2.43. The van der Waals surface area contributed by atoms with Crippen LogP contribution in [0.4, 0.5) is 5.69 Å². The molecule has 0 saturated carbocycles. The topological polar surface area (TPSA) is 92.1 Å². The number of amides is 1. The fourth-order valence-electron chi connectivity index (χ4n) is 4.27. The average Bonchev–Trinajstić information content (AvgIpc) is 3.19. The third-order valence-electron chi connectivity index (χ3n) is 5.90. The lowest BCUT2D eigenvalue weighted by molar-refractivity contribution is -0.116. The van der Waals surface area contributed by atoms with E-state index in [1.54, 1.807) is 23.1 Å². The van der Waals surface area contributed by atoms with Gasteiger partial charge in [0.05, 0.1) is 24.2 Å². The van der Waals surface area contributed by atoms with Crippen molar-refractivity contribution in [1.82, 2.24) is 9.62 Å². The van der Waals surface area contributed by atoms with Gasteiger partial charge in [0.1, 0.15) is 11.5 Å². The van der Waals surface area contributed by atoms with Crippen molar-refractivity contribution in [3.63, 3.8) is 0 Å².